The predicted octanol–water partition coefficient (Wildman–Crippen LogP) is 1.28. The molecule has 0 aliphatic carbocycles. The number of hydrogen-bond acceptors (Lipinski definition) is 4. The molecule has 2 heterocycles. The van der Waals surface area contributed by atoms with Gasteiger partial charge in [0.25, 0.3) is 0 Å². The minimum Gasteiger partial charge on any atom is -0.389 e. The third kappa shape index (κ3) is 2.76. The molecule has 1 aliphatic rings. The van der Waals surface area contributed by atoms with Gasteiger partial charge in [-0.05, 0) is 38.6 Å². The molecule has 1 unspecified atom stereocenters. The van der Waals surface area contributed by atoms with Crippen LogP contribution in [0.15, 0.2) is 18.3 Å². The molecule has 1 aromatic heterocycles. The molecule has 94 valence electrons. The Bertz CT molecular complexity index is 381. The lowest BCUT2D eigenvalue weighted by Gasteiger charge is -2.38. The third-order valence-corrected chi connectivity index (χ3v) is 3.54. The second kappa shape index (κ2) is 5.02. The van der Waals surface area contributed by atoms with Crippen molar-refractivity contribution in [2.45, 2.75) is 26.0 Å². The van der Waals surface area contributed by atoms with Gasteiger partial charge in [-0.25, -0.2) is 4.98 Å². The molecule has 1 aromatic rings. The van der Waals surface area contributed by atoms with E-state index in [0.29, 0.717) is 6.04 Å². The number of anilines is 1. The maximum atomic E-state index is 9.59. The standard InChI is InChI=1S/C13H21N3O/c1-10-9-16(7-6-15(10)3)13-8-12(11(2)17)4-5-14-13/h4-5,8,10-11,17H,6-7,9H2,1-3H3/t10?,11-/m0/s1. The Kier molecular flexibility index (Phi) is 3.64. The van der Waals surface area contributed by atoms with Crippen molar-refractivity contribution in [1.82, 2.24) is 9.88 Å². The summed E-state index contributed by atoms with van der Waals surface area (Å²) in [4.78, 5) is 9.05. The number of hydrogen-bond donors (Lipinski definition) is 1. The summed E-state index contributed by atoms with van der Waals surface area (Å²) in [6.45, 7) is 7.06. The van der Waals surface area contributed by atoms with E-state index >= 15 is 0 Å². The Morgan fingerprint density at radius 3 is 2.88 bits per heavy atom. The van der Waals surface area contributed by atoms with Crippen molar-refractivity contribution in [3.8, 4) is 0 Å². The van der Waals surface area contributed by atoms with Crippen molar-refractivity contribution in [1.29, 1.82) is 0 Å². The van der Waals surface area contributed by atoms with Gasteiger partial charge in [-0.15, -0.1) is 0 Å². The van der Waals surface area contributed by atoms with Gasteiger partial charge in [0.1, 0.15) is 5.82 Å². The van der Waals surface area contributed by atoms with Crippen LogP contribution < -0.4 is 4.90 Å². The summed E-state index contributed by atoms with van der Waals surface area (Å²) in [6, 6.07) is 4.40. The van der Waals surface area contributed by atoms with Crippen LogP contribution in [0.2, 0.25) is 0 Å². The molecule has 2 rings (SSSR count). The lowest BCUT2D eigenvalue weighted by Crippen LogP contribution is -2.50. The SMILES string of the molecule is CC1CN(c2cc([C@H](C)O)ccn2)CCN1C. The van der Waals surface area contributed by atoms with Crippen LogP contribution in [0.3, 0.4) is 0 Å². The predicted molar refractivity (Wildman–Crippen MR) is 69.2 cm³/mol. The minimum atomic E-state index is -0.429. The number of rotatable bonds is 2. The van der Waals surface area contributed by atoms with Gasteiger partial charge in [0, 0.05) is 31.9 Å². The van der Waals surface area contributed by atoms with Gasteiger partial charge >= 0.3 is 0 Å². The van der Waals surface area contributed by atoms with Gasteiger partial charge in [-0.2, -0.15) is 0 Å². The van der Waals surface area contributed by atoms with E-state index in [1.54, 1.807) is 13.1 Å². The fourth-order valence-corrected chi connectivity index (χ4v) is 2.12. The summed E-state index contributed by atoms with van der Waals surface area (Å²) in [5, 5.41) is 9.59. The first-order valence-electron chi connectivity index (χ1n) is 6.17. The van der Waals surface area contributed by atoms with Gasteiger partial charge < -0.3 is 14.9 Å². The number of pyridine rings is 1. The van der Waals surface area contributed by atoms with Crippen molar-refractivity contribution in [2.24, 2.45) is 0 Å². The zero-order valence-electron chi connectivity index (χ0n) is 10.8. The quantitative estimate of drug-likeness (QED) is 0.838. The van der Waals surface area contributed by atoms with Gasteiger partial charge in [0.15, 0.2) is 0 Å². The van der Waals surface area contributed by atoms with Gasteiger partial charge in [0.2, 0.25) is 0 Å². The molecule has 17 heavy (non-hydrogen) atoms. The van der Waals surface area contributed by atoms with Crippen LogP contribution >= 0.6 is 0 Å². The number of nitrogens with zero attached hydrogens (tertiary/aromatic N) is 3. The van der Waals surface area contributed by atoms with E-state index in [0.717, 1.165) is 31.0 Å². The van der Waals surface area contributed by atoms with Crippen molar-refractivity contribution in [2.75, 3.05) is 31.6 Å². The lowest BCUT2D eigenvalue weighted by atomic mass is 10.1. The van der Waals surface area contributed by atoms with E-state index in [2.05, 4.69) is 28.8 Å². The van der Waals surface area contributed by atoms with Crippen LogP contribution in [-0.2, 0) is 0 Å². The van der Waals surface area contributed by atoms with E-state index in [4.69, 9.17) is 0 Å². The van der Waals surface area contributed by atoms with Crippen molar-refractivity contribution < 1.29 is 5.11 Å². The number of likely N-dealkylation sites (N-methyl/N-ethyl adjacent to an activating group) is 1. The smallest absolute Gasteiger partial charge is 0.128 e. The monoisotopic (exact) mass is 235 g/mol. The molecule has 1 fully saturated rings. The molecule has 4 nitrogen and oxygen atoms in total. The van der Waals surface area contributed by atoms with Crippen molar-refractivity contribution >= 4 is 5.82 Å². The third-order valence-electron chi connectivity index (χ3n) is 3.54. The van der Waals surface area contributed by atoms with Crippen molar-refractivity contribution in [3.63, 3.8) is 0 Å². The Balaban J connectivity index is 2.14. The van der Waals surface area contributed by atoms with E-state index < -0.39 is 6.10 Å². The summed E-state index contributed by atoms with van der Waals surface area (Å²) < 4.78 is 0. The zero-order chi connectivity index (χ0) is 12.4. The second-order valence-corrected chi connectivity index (χ2v) is 4.90. The summed E-state index contributed by atoms with van der Waals surface area (Å²) in [5.41, 5.74) is 0.932. The Morgan fingerprint density at radius 1 is 1.47 bits per heavy atom. The van der Waals surface area contributed by atoms with Gasteiger partial charge in [-0.3, -0.25) is 0 Å². The van der Waals surface area contributed by atoms with Crippen LogP contribution in [0.4, 0.5) is 5.82 Å². The number of aliphatic hydroxyl groups is 1. The molecule has 1 N–H and O–H groups in total. The lowest BCUT2D eigenvalue weighted by molar-refractivity contribution is 0.199. The molecule has 0 bridgehead atoms. The normalized spacial score (nSPS) is 23.8. The molecule has 2 atom stereocenters. The Hall–Kier alpha value is -1.13. The average molecular weight is 235 g/mol. The minimum absolute atomic E-state index is 0.429. The first-order valence-corrected chi connectivity index (χ1v) is 6.17. The average Bonchev–Trinajstić information content (AvgIpc) is 2.33. The van der Waals surface area contributed by atoms with E-state index in [9.17, 15) is 5.11 Å². The molecule has 0 radical (unpaired) electrons. The number of aromatic nitrogens is 1. The van der Waals surface area contributed by atoms with Gasteiger partial charge in [-0.1, -0.05) is 0 Å². The first-order chi connectivity index (χ1) is 8.08. The largest absolute Gasteiger partial charge is 0.389 e. The first kappa shape index (κ1) is 12.3. The van der Waals surface area contributed by atoms with Crippen LogP contribution in [0, 0.1) is 0 Å². The highest BCUT2D eigenvalue weighted by molar-refractivity contribution is 5.42. The molecule has 4 heteroatoms. The second-order valence-electron chi connectivity index (χ2n) is 4.90. The molecule has 1 saturated heterocycles. The van der Waals surface area contributed by atoms with Gasteiger partial charge in [0.05, 0.1) is 6.10 Å². The van der Waals surface area contributed by atoms with E-state index in [1.807, 2.05) is 12.1 Å². The summed E-state index contributed by atoms with van der Waals surface area (Å²) in [7, 11) is 2.15. The highest BCUT2D eigenvalue weighted by atomic mass is 16.3. The molecular weight excluding hydrogens is 214 g/mol. The summed E-state index contributed by atoms with van der Waals surface area (Å²) >= 11 is 0. The molecule has 0 saturated carbocycles. The fourth-order valence-electron chi connectivity index (χ4n) is 2.12. The van der Waals surface area contributed by atoms with Crippen LogP contribution in [0.25, 0.3) is 0 Å². The summed E-state index contributed by atoms with van der Waals surface area (Å²) in [5.74, 6) is 0.975. The molecule has 0 aromatic carbocycles. The fraction of sp³-hybridized carbons (Fsp3) is 0.615. The zero-order valence-corrected chi connectivity index (χ0v) is 10.8. The van der Waals surface area contributed by atoms with Crippen molar-refractivity contribution in [3.05, 3.63) is 23.9 Å². The number of piperazine rings is 1. The highest BCUT2D eigenvalue weighted by Gasteiger charge is 2.21. The van der Waals surface area contributed by atoms with Crippen LogP contribution in [0.5, 0.6) is 0 Å². The highest BCUT2D eigenvalue weighted by Crippen LogP contribution is 2.20. The maximum absolute atomic E-state index is 9.59. The van der Waals surface area contributed by atoms with E-state index in [1.165, 1.54) is 0 Å². The number of aliphatic hydroxyl groups excluding tert-OH is 1. The molecule has 0 amide bonds. The summed E-state index contributed by atoms with van der Waals surface area (Å²) in [6.07, 6.45) is 1.35. The van der Waals surface area contributed by atoms with E-state index in [-0.39, 0.29) is 0 Å². The maximum Gasteiger partial charge on any atom is 0.128 e. The molecular formula is C13H21N3O. The molecule has 0 spiro atoms. The van der Waals surface area contributed by atoms with Crippen LogP contribution in [-0.4, -0.2) is 47.7 Å². The van der Waals surface area contributed by atoms with Crippen LogP contribution in [0.1, 0.15) is 25.5 Å². The topological polar surface area (TPSA) is 39.6 Å². The molecule has 1 aliphatic heterocycles. The Morgan fingerprint density at radius 2 is 2.24 bits per heavy atom. The Labute approximate surface area is 103 Å².